The smallest absolute Gasteiger partial charge is 0.255 e. The first-order valence-corrected chi connectivity index (χ1v) is 8.44. The van der Waals surface area contributed by atoms with Gasteiger partial charge in [0.1, 0.15) is 5.75 Å². The first-order chi connectivity index (χ1) is 11.5. The molecule has 0 aliphatic heterocycles. The molecule has 0 bridgehead atoms. The minimum Gasteiger partial charge on any atom is -0.489 e. The van der Waals surface area contributed by atoms with Crippen molar-refractivity contribution >= 4 is 22.4 Å². The Hall–Kier alpha value is -1.82. The van der Waals surface area contributed by atoms with E-state index in [9.17, 15) is 4.79 Å². The van der Waals surface area contributed by atoms with E-state index in [1.807, 2.05) is 18.2 Å². The number of nitrogens with two attached hydrogens (primary N) is 1. The maximum atomic E-state index is 11.8. The van der Waals surface area contributed by atoms with E-state index in [0.717, 1.165) is 31.1 Å². The molecule has 1 fully saturated rings. The van der Waals surface area contributed by atoms with E-state index in [-0.39, 0.29) is 23.8 Å². The van der Waals surface area contributed by atoms with Crippen molar-refractivity contribution in [3.8, 4) is 5.75 Å². The molecule has 0 unspecified atom stereocenters. The minimum atomic E-state index is -0.372. The number of aliphatic hydroxyl groups excluding tert-OH is 1. The Morgan fingerprint density at radius 2 is 2.17 bits per heavy atom. The van der Waals surface area contributed by atoms with E-state index in [1.165, 1.54) is 0 Å². The van der Waals surface area contributed by atoms with Crippen LogP contribution in [0.2, 0.25) is 5.02 Å². The lowest BCUT2D eigenvalue weighted by Crippen LogP contribution is -2.43. The van der Waals surface area contributed by atoms with Gasteiger partial charge < -0.3 is 20.6 Å². The summed E-state index contributed by atoms with van der Waals surface area (Å²) in [6.07, 6.45) is 8.45. The van der Waals surface area contributed by atoms with Crippen molar-refractivity contribution in [3.05, 3.63) is 51.9 Å². The Balaban J connectivity index is 1.73. The molecule has 0 atom stereocenters. The molecule has 1 aliphatic carbocycles. The van der Waals surface area contributed by atoms with Crippen LogP contribution in [0.5, 0.6) is 5.75 Å². The molecule has 0 spiro atoms. The molecular weight excluding hydrogens is 328 g/mol. The van der Waals surface area contributed by atoms with Crippen molar-refractivity contribution in [2.75, 3.05) is 6.61 Å². The molecular formula is C18H21ClN2O3. The van der Waals surface area contributed by atoms with Gasteiger partial charge in [0, 0.05) is 17.1 Å². The maximum Gasteiger partial charge on any atom is 0.255 e. The van der Waals surface area contributed by atoms with Gasteiger partial charge in [-0.3, -0.25) is 4.79 Å². The molecule has 1 aliphatic rings. The van der Waals surface area contributed by atoms with Crippen LogP contribution in [0.3, 0.4) is 0 Å². The zero-order valence-electron chi connectivity index (χ0n) is 13.3. The van der Waals surface area contributed by atoms with Gasteiger partial charge in [0.2, 0.25) is 0 Å². The van der Waals surface area contributed by atoms with Gasteiger partial charge in [0.25, 0.3) is 5.56 Å². The number of aliphatic hydroxyl groups is 1. The molecule has 1 aromatic heterocycles. The number of rotatable bonds is 4. The second-order valence-corrected chi connectivity index (χ2v) is 6.72. The fourth-order valence-electron chi connectivity index (χ4n) is 3.16. The summed E-state index contributed by atoms with van der Waals surface area (Å²) in [5.41, 5.74) is 5.77. The third-order valence-electron chi connectivity index (χ3n) is 4.54. The molecule has 3 rings (SSSR count). The zero-order valence-corrected chi connectivity index (χ0v) is 14.1. The molecule has 24 heavy (non-hydrogen) atoms. The first kappa shape index (κ1) is 17.0. The molecule has 2 aromatic rings. The molecule has 0 amide bonds. The second-order valence-electron chi connectivity index (χ2n) is 6.31. The standard InChI is InChI=1S/C18H21ClN2O3/c19-15-11-14-12(4-8-21-17(14)23)10-16(15)24-13-2-6-18(20,7-3-13)5-1-9-22/h1,4-5,8,10-11,13,22H,2-3,6-7,9,20H2,(H,21,23)/b5-1+. The monoisotopic (exact) mass is 348 g/mol. The van der Waals surface area contributed by atoms with E-state index >= 15 is 0 Å². The minimum absolute atomic E-state index is 0.00467. The van der Waals surface area contributed by atoms with Crippen LogP contribution in [0.1, 0.15) is 25.7 Å². The van der Waals surface area contributed by atoms with Gasteiger partial charge in [0.05, 0.1) is 17.7 Å². The molecule has 6 heteroatoms. The summed E-state index contributed by atoms with van der Waals surface area (Å²) in [6, 6.07) is 5.28. The van der Waals surface area contributed by atoms with Crippen LogP contribution in [0.25, 0.3) is 10.8 Å². The Kier molecular flexibility index (Phi) is 4.94. The van der Waals surface area contributed by atoms with Gasteiger partial charge in [0.15, 0.2) is 0 Å². The number of halogens is 1. The fraction of sp³-hybridized carbons (Fsp3) is 0.389. The van der Waals surface area contributed by atoms with E-state index in [4.69, 9.17) is 27.2 Å². The van der Waals surface area contributed by atoms with Gasteiger partial charge in [-0.2, -0.15) is 0 Å². The second kappa shape index (κ2) is 6.97. The highest BCUT2D eigenvalue weighted by Gasteiger charge is 2.30. The third-order valence-corrected chi connectivity index (χ3v) is 4.83. The Morgan fingerprint density at radius 1 is 1.42 bits per heavy atom. The van der Waals surface area contributed by atoms with Crippen molar-refractivity contribution in [2.24, 2.45) is 5.73 Å². The molecule has 128 valence electrons. The van der Waals surface area contributed by atoms with Crippen molar-refractivity contribution < 1.29 is 9.84 Å². The molecule has 1 saturated carbocycles. The molecule has 1 aromatic carbocycles. The van der Waals surface area contributed by atoms with Gasteiger partial charge in [-0.1, -0.05) is 23.8 Å². The quantitative estimate of drug-likeness (QED) is 0.741. The Bertz CT molecular complexity index is 808. The van der Waals surface area contributed by atoms with E-state index in [0.29, 0.717) is 16.2 Å². The summed E-state index contributed by atoms with van der Waals surface area (Å²) in [4.78, 5) is 14.4. The highest BCUT2D eigenvalue weighted by atomic mass is 35.5. The number of hydrogen-bond acceptors (Lipinski definition) is 4. The summed E-state index contributed by atoms with van der Waals surface area (Å²) >= 11 is 6.28. The lowest BCUT2D eigenvalue weighted by atomic mass is 9.81. The van der Waals surface area contributed by atoms with Crippen LogP contribution < -0.4 is 16.0 Å². The summed E-state index contributed by atoms with van der Waals surface area (Å²) < 4.78 is 6.06. The third kappa shape index (κ3) is 3.64. The van der Waals surface area contributed by atoms with Crippen LogP contribution in [-0.4, -0.2) is 28.3 Å². The molecule has 1 heterocycles. The number of H-pyrrole nitrogens is 1. The Morgan fingerprint density at radius 3 is 2.88 bits per heavy atom. The van der Waals surface area contributed by atoms with Gasteiger partial charge in [-0.05, 0) is 49.3 Å². The van der Waals surface area contributed by atoms with E-state index in [2.05, 4.69) is 4.98 Å². The molecule has 5 nitrogen and oxygen atoms in total. The lowest BCUT2D eigenvalue weighted by Gasteiger charge is -2.35. The SMILES string of the molecule is NC1(/C=C/CO)CCC(Oc2cc3cc[nH]c(=O)c3cc2Cl)CC1. The number of benzene rings is 1. The predicted octanol–water partition coefficient (Wildman–Crippen LogP) is 2.75. The summed E-state index contributed by atoms with van der Waals surface area (Å²) in [7, 11) is 0. The summed E-state index contributed by atoms with van der Waals surface area (Å²) in [5.74, 6) is 0.593. The van der Waals surface area contributed by atoms with E-state index in [1.54, 1.807) is 18.3 Å². The first-order valence-electron chi connectivity index (χ1n) is 8.06. The maximum absolute atomic E-state index is 11.8. The van der Waals surface area contributed by atoms with Gasteiger partial charge in [-0.15, -0.1) is 0 Å². The Labute approximate surface area is 145 Å². The normalized spacial score (nSPS) is 24.5. The lowest BCUT2D eigenvalue weighted by molar-refractivity contribution is 0.132. The molecule has 4 N–H and O–H groups in total. The largest absolute Gasteiger partial charge is 0.489 e. The highest BCUT2D eigenvalue weighted by Crippen LogP contribution is 2.34. The molecule has 0 saturated heterocycles. The van der Waals surface area contributed by atoms with Crippen LogP contribution in [0.4, 0.5) is 0 Å². The summed E-state index contributed by atoms with van der Waals surface area (Å²) in [6.45, 7) is 0.00467. The van der Waals surface area contributed by atoms with Crippen molar-refractivity contribution in [1.29, 1.82) is 0 Å². The molecule has 0 radical (unpaired) electrons. The number of nitrogens with one attached hydrogen (secondary N) is 1. The van der Waals surface area contributed by atoms with Gasteiger partial charge >= 0.3 is 0 Å². The average molecular weight is 349 g/mol. The van der Waals surface area contributed by atoms with Crippen molar-refractivity contribution in [1.82, 2.24) is 4.98 Å². The topological polar surface area (TPSA) is 88.3 Å². The highest BCUT2D eigenvalue weighted by molar-refractivity contribution is 6.32. The number of pyridine rings is 1. The fourth-order valence-corrected chi connectivity index (χ4v) is 3.37. The summed E-state index contributed by atoms with van der Waals surface area (Å²) in [5, 5.41) is 10.7. The zero-order chi connectivity index (χ0) is 17.2. The number of hydrogen-bond donors (Lipinski definition) is 3. The van der Waals surface area contributed by atoms with Crippen LogP contribution in [-0.2, 0) is 0 Å². The number of fused-ring (bicyclic) bond motifs is 1. The number of aromatic nitrogens is 1. The van der Waals surface area contributed by atoms with Gasteiger partial charge in [-0.25, -0.2) is 0 Å². The van der Waals surface area contributed by atoms with Crippen LogP contribution >= 0.6 is 11.6 Å². The van der Waals surface area contributed by atoms with E-state index < -0.39 is 0 Å². The van der Waals surface area contributed by atoms with Crippen molar-refractivity contribution in [3.63, 3.8) is 0 Å². The van der Waals surface area contributed by atoms with Crippen LogP contribution in [0, 0.1) is 0 Å². The average Bonchev–Trinajstić information content (AvgIpc) is 2.57. The van der Waals surface area contributed by atoms with Crippen LogP contribution in [0.15, 0.2) is 41.3 Å². The van der Waals surface area contributed by atoms with Crippen molar-refractivity contribution in [2.45, 2.75) is 37.3 Å². The number of aromatic amines is 1. The predicted molar refractivity (Wildman–Crippen MR) is 95.6 cm³/mol. The number of ether oxygens (including phenoxy) is 1.